The lowest BCUT2D eigenvalue weighted by Crippen LogP contribution is -2.51. The van der Waals surface area contributed by atoms with E-state index in [1.165, 1.54) is 7.11 Å². The van der Waals surface area contributed by atoms with Crippen molar-refractivity contribution in [2.45, 2.75) is 51.1 Å². The highest BCUT2D eigenvalue weighted by Gasteiger charge is 2.68. The Bertz CT molecular complexity index is 517. The number of hydrogen-bond donors (Lipinski definition) is 0. The first-order valence-corrected chi connectivity index (χ1v) is 8.47. The van der Waals surface area contributed by atoms with Gasteiger partial charge in [0.2, 0.25) is 0 Å². The lowest BCUT2D eigenvalue weighted by atomic mass is 9.73. The summed E-state index contributed by atoms with van der Waals surface area (Å²) in [6.45, 7) is 6.12. The van der Waals surface area contributed by atoms with E-state index in [9.17, 15) is 9.59 Å². The minimum absolute atomic E-state index is 0.0378. The number of fused-ring (bicyclic) bond motifs is 2. The van der Waals surface area contributed by atoms with E-state index in [-0.39, 0.29) is 49.5 Å². The molecule has 0 amide bonds. The van der Waals surface area contributed by atoms with Gasteiger partial charge in [-0.3, -0.25) is 9.59 Å². The topological polar surface area (TPSA) is 80.3 Å². The first kappa shape index (κ1) is 17.8. The number of ether oxygens (including phenoxy) is 5. The summed E-state index contributed by atoms with van der Waals surface area (Å²) in [4.78, 5) is 25.2. The Kier molecular flexibility index (Phi) is 4.72. The molecule has 2 bridgehead atoms. The number of esters is 1. The monoisotopic (exact) mass is 342 g/mol. The van der Waals surface area contributed by atoms with E-state index in [0.717, 1.165) is 0 Å². The number of carbonyl (C=O) groups excluding carboxylic acids is 2. The van der Waals surface area contributed by atoms with E-state index in [4.69, 9.17) is 23.7 Å². The van der Waals surface area contributed by atoms with Crippen LogP contribution in [0.5, 0.6) is 0 Å². The second-order valence-corrected chi connectivity index (χ2v) is 7.24. The van der Waals surface area contributed by atoms with Crippen LogP contribution in [-0.2, 0) is 33.3 Å². The maximum absolute atomic E-state index is 12.7. The zero-order valence-electron chi connectivity index (χ0n) is 14.7. The molecule has 2 aliphatic carbocycles. The lowest BCUT2D eigenvalue weighted by molar-refractivity contribution is -0.191. The number of hydrogen-bond acceptors (Lipinski definition) is 7. The Balaban J connectivity index is 1.91. The van der Waals surface area contributed by atoms with E-state index >= 15 is 0 Å². The molecular weight excluding hydrogens is 316 g/mol. The molecule has 3 aliphatic rings. The summed E-state index contributed by atoms with van der Waals surface area (Å²) in [7, 11) is 1.52. The number of ketones is 1. The third-order valence-corrected chi connectivity index (χ3v) is 5.33. The summed E-state index contributed by atoms with van der Waals surface area (Å²) in [6, 6.07) is 0. The Labute approximate surface area is 141 Å². The van der Waals surface area contributed by atoms with Gasteiger partial charge in [-0.15, -0.1) is 0 Å². The number of rotatable bonds is 6. The number of Topliss-reactive ketones (excluding diaryl/α,β-unsaturated/α-hetero) is 1. The SMILES string of the molecule is CCOC(=O)[C@@H]1[C@@H]([C@@H]2COC(C)(C)O2)[C@@H]2C[C@@]1(OCOC)CC2=O. The molecule has 0 aromatic rings. The van der Waals surface area contributed by atoms with Gasteiger partial charge in [-0.1, -0.05) is 0 Å². The van der Waals surface area contributed by atoms with Crippen molar-refractivity contribution in [3.63, 3.8) is 0 Å². The molecule has 0 aromatic carbocycles. The highest BCUT2D eigenvalue weighted by molar-refractivity contribution is 5.90. The molecule has 3 fully saturated rings. The predicted octanol–water partition coefficient (Wildman–Crippen LogP) is 1.29. The molecular formula is C17H26O7. The van der Waals surface area contributed by atoms with Gasteiger partial charge in [0, 0.05) is 25.4 Å². The second-order valence-electron chi connectivity index (χ2n) is 7.24. The van der Waals surface area contributed by atoms with Crippen LogP contribution < -0.4 is 0 Å². The highest BCUT2D eigenvalue weighted by Crippen LogP contribution is 2.58. The van der Waals surface area contributed by atoms with E-state index in [1.54, 1.807) is 6.92 Å². The van der Waals surface area contributed by atoms with Gasteiger partial charge in [-0.05, 0) is 27.2 Å². The zero-order chi connectivity index (χ0) is 17.5. The fraction of sp³-hybridized carbons (Fsp3) is 0.882. The van der Waals surface area contributed by atoms with Crippen molar-refractivity contribution in [3.05, 3.63) is 0 Å². The first-order chi connectivity index (χ1) is 11.3. The van der Waals surface area contributed by atoms with E-state index < -0.39 is 17.3 Å². The normalized spacial score (nSPS) is 40.2. The van der Waals surface area contributed by atoms with Crippen LogP contribution in [0.1, 0.15) is 33.6 Å². The van der Waals surface area contributed by atoms with Crippen LogP contribution >= 0.6 is 0 Å². The molecule has 7 heteroatoms. The van der Waals surface area contributed by atoms with Gasteiger partial charge in [0.15, 0.2) is 5.79 Å². The van der Waals surface area contributed by atoms with Crippen molar-refractivity contribution < 1.29 is 33.3 Å². The molecule has 2 saturated carbocycles. The minimum atomic E-state index is -0.856. The molecule has 7 nitrogen and oxygen atoms in total. The van der Waals surface area contributed by atoms with Gasteiger partial charge in [0.05, 0.1) is 30.8 Å². The van der Waals surface area contributed by atoms with Crippen molar-refractivity contribution in [2.24, 2.45) is 17.8 Å². The molecule has 1 saturated heterocycles. The number of methoxy groups -OCH3 is 1. The minimum Gasteiger partial charge on any atom is -0.466 e. The highest BCUT2D eigenvalue weighted by atomic mass is 16.7. The summed E-state index contributed by atoms with van der Waals surface area (Å²) in [5, 5.41) is 0. The fourth-order valence-electron chi connectivity index (χ4n) is 4.51. The molecule has 1 aliphatic heterocycles. The Morgan fingerprint density at radius 1 is 1.38 bits per heavy atom. The molecule has 136 valence electrons. The van der Waals surface area contributed by atoms with Crippen LogP contribution in [0.4, 0.5) is 0 Å². The molecule has 0 radical (unpaired) electrons. The standard InChI is InChI=1S/C17H26O7/c1-5-21-15(19)14-13(12-8-22-16(2,3)24-12)10-6-17(14,7-11(10)18)23-9-20-4/h10,12-14H,5-9H2,1-4H3/t10-,12+,13-,14+,17-/m1/s1. The quantitative estimate of drug-likeness (QED) is 0.531. The Hall–Kier alpha value is -1.02. The van der Waals surface area contributed by atoms with E-state index in [0.29, 0.717) is 13.0 Å². The van der Waals surface area contributed by atoms with Gasteiger partial charge in [-0.2, -0.15) is 0 Å². The number of carbonyl (C=O) groups is 2. The molecule has 0 aromatic heterocycles. The Morgan fingerprint density at radius 2 is 2.12 bits per heavy atom. The van der Waals surface area contributed by atoms with Crippen LogP contribution in [0, 0.1) is 17.8 Å². The van der Waals surface area contributed by atoms with Gasteiger partial charge in [0.1, 0.15) is 12.6 Å². The third kappa shape index (κ3) is 2.87. The zero-order valence-corrected chi connectivity index (χ0v) is 14.7. The molecule has 1 heterocycles. The summed E-state index contributed by atoms with van der Waals surface area (Å²) in [6.07, 6.45) is 0.401. The molecule has 5 atom stereocenters. The molecule has 0 unspecified atom stereocenters. The van der Waals surface area contributed by atoms with Gasteiger partial charge in [0.25, 0.3) is 0 Å². The predicted molar refractivity (Wildman–Crippen MR) is 81.9 cm³/mol. The van der Waals surface area contributed by atoms with Gasteiger partial charge in [-0.25, -0.2) is 0 Å². The molecule has 0 spiro atoms. The van der Waals surface area contributed by atoms with Crippen molar-refractivity contribution in [3.8, 4) is 0 Å². The van der Waals surface area contributed by atoms with Crippen LogP contribution in [0.25, 0.3) is 0 Å². The Morgan fingerprint density at radius 3 is 2.71 bits per heavy atom. The third-order valence-electron chi connectivity index (χ3n) is 5.33. The first-order valence-electron chi connectivity index (χ1n) is 8.47. The molecule has 0 N–H and O–H groups in total. The van der Waals surface area contributed by atoms with Crippen molar-refractivity contribution >= 4 is 11.8 Å². The van der Waals surface area contributed by atoms with Gasteiger partial charge >= 0.3 is 5.97 Å². The smallest absolute Gasteiger partial charge is 0.312 e. The largest absolute Gasteiger partial charge is 0.466 e. The average Bonchev–Trinajstić information content (AvgIpc) is 3.13. The fourth-order valence-corrected chi connectivity index (χ4v) is 4.51. The van der Waals surface area contributed by atoms with Crippen LogP contribution in [0.3, 0.4) is 0 Å². The van der Waals surface area contributed by atoms with Crippen molar-refractivity contribution in [1.82, 2.24) is 0 Å². The summed E-state index contributed by atoms with van der Waals surface area (Å²) in [5.41, 5.74) is -0.856. The average molecular weight is 342 g/mol. The van der Waals surface area contributed by atoms with E-state index in [1.807, 2.05) is 13.8 Å². The van der Waals surface area contributed by atoms with Crippen LogP contribution in [0.15, 0.2) is 0 Å². The van der Waals surface area contributed by atoms with Crippen LogP contribution in [0.2, 0.25) is 0 Å². The molecule has 3 rings (SSSR count). The maximum Gasteiger partial charge on any atom is 0.312 e. The van der Waals surface area contributed by atoms with E-state index in [2.05, 4.69) is 0 Å². The van der Waals surface area contributed by atoms with Crippen LogP contribution in [-0.4, -0.2) is 56.4 Å². The van der Waals surface area contributed by atoms with Crippen molar-refractivity contribution in [1.29, 1.82) is 0 Å². The lowest BCUT2D eigenvalue weighted by Gasteiger charge is -2.38. The second kappa shape index (κ2) is 6.37. The van der Waals surface area contributed by atoms with Gasteiger partial charge < -0.3 is 23.7 Å². The maximum atomic E-state index is 12.7. The summed E-state index contributed by atoms with van der Waals surface area (Å²) >= 11 is 0. The molecule has 24 heavy (non-hydrogen) atoms. The summed E-state index contributed by atoms with van der Waals surface area (Å²) < 4.78 is 27.8. The summed E-state index contributed by atoms with van der Waals surface area (Å²) in [5.74, 6) is -2.03. The van der Waals surface area contributed by atoms with Crippen molar-refractivity contribution in [2.75, 3.05) is 27.1 Å².